The fourth-order valence-electron chi connectivity index (χ4n) is 2.39. The van der Waals surface area contributed by atoms with Gasteiger partial charge >= 0.3 is 0 Å². The molecule has 0 saturated carbocycles. The Morgan fingerprint density at radius 2 is 1.87 bits per heavy atom. The molecule has 0 unspecified atom stereocenters. The summed E-state index contributed by atoms with van der Waals surface area (Å²) < 4.78 is 0. The van der Waals surface area contributed by atoms with E-state index in [-0.39, 0.29) is 17.2 Å². The van der Waals surface area contributed by atoms with Gasteiger partial charge in [-0.15, -0.1) is 0 Å². The lowest BCUT2D eigenvalue weighted by molar-refractivity contribution is 0.0791. The molecule has 0 saturated heterocycles. The zero-order valence-electron chi connectivity index (χ0n) is 12.7. The van der Waals surface area contributed by atoms with E-state index in [1.54, 1.807) is 42.4 Å². The monoisotopic (exact) mass is 308 g/mol. The van der Waals surface area contributed by atoms with Crippen LogP contribution in [0.2, 0.25) is 0 Å². The van der Waals surface area contributed by atoms with Crippen molar-refractivity contribution in [2.24, 2.45) is 0 Å². The van der Waals surface area contributed by atoms with E-state index in [0.717, 1.165) is 5.69 Å². The number of aromatic nitrogens is 3. The summed E-state index contributed by atoms with van der Waals surface area (Å²) in [6, 6.07) is 12.7. The molecule has 6 heteroatoms. The number of nitrogens with zero attached hydrogens (tertiary/aromatic N) is 3. The van der Waals surface area contributed by atoms with Crippen molar-refractivity contribution < 1.29 is 4.79 Å². The van der Waals surface area contributed by atoms with Crippen LogP contribution in [0.4, 0.5) is 0 Å². The Morgan fingerprint density at radius 1 is 1.13 bits per heavy atom. The van der Waals surface area contributed by atoms with Crippen LogP contribution in [0.5, 0.6) is 0 Å². The maximum Gasteiger partial charge on any atom is 0.274 e. The van der Waals surface area contributed by atoms with E-state index in [0.29, 0.717) is 23.7 Å². The second kappa shape index (κ2) is 6.39. The fourth-order valence-corrected chi connectivity index (χ4v) is 2.39. The van der Waals surface area contributed by atoms with Gasteiger partial charge in [0, 0.05) is 37.3 Å². The number of H-pyrrole nitrogens is 1. The first-order valence-corrected chi connectivity index (χ1v) is 7.29. The van der Waals surface area contributed by atoms with Gasteiger partial charge in [-0.3, -0.25) is 14.6 Å². The molecule has 0 fully saturated rings. The van der Waals surface area contributed by atoms with Gasteiger partial charge in [-0.2, -0.15) is 5.10 Å². The molecule has 3 rings (SSSR count). The van der Waals surface area contributed by atoms with Gasteiger partial charge in [-0.25, -0.2) is 5.10 Å². The van der Waals surface area contributed by atoms with Crippen molar-refractivity contribution in [3.05, 3.63) is 70.4 Å². The Hall–Kier alpha value is -3.02. The first-order valence-electron chi connectivity index (χ1n) is 7.29. The Kier molecular flexibility index (Phi) is 4.14. The maximum absolute atomic E-state index is 12.6. The molecule has 0 radical (unpaired) electrons. The number of hydrogen-bond donors (Lipinski definition) is 1. The van der Waals surface area contributed by atoms with Gasteiger partial charge in [0.2, 0.25) is 0 Å². The molecule has 2 heterocycles. The number of benzene rings is 1. The summed E-state index contributed by atoms with van der Waals surface area (Å²) >= 11 is 0. The molecule has 0 atom stereocenters. The van der Waals surface area contributed by atoms with Crippen molar-refractivity contribution in [1.29, 1.82) is 0 Å². The molecule has 3 aromatic rings. The molecule has 0 aliphatic heterocycles. The Morgan fingerprint density at radius 3 is 2.61 bits per heavy atom. The van der Waals surface area contributed by atoms with E-state index in [9.17, 15) is 9.59 Å². The molecule has 0 aliphatic carbocycles. The highest BCUT2D eigenvalue weighted by atomic mass is 16.2. The summed E-state index contributed by atoms with van der Waals surface area (Å²) in [7, 11) is 1.72. The van der Waals surface area contributed by atoms with Gasteiger partial charge in [0.15, 0.2) is 5.69 Å². The standard InChI is InChI=1S/C17H16N4O2/c1-21(11-9-12-6-4-5-10-18-12)17(23)15-13-7-2-3-8-14(13)16(22)20-19-15/h2-8,10H,9,11H2,1H3,(H,20,22). The van der Waals surface area contributed by atoms with E-state index in [2.05, 4.69) is 15.2 Å². The number of amides is 1. The number of carbonyl (C=O) groups excluding carboxylic acids is 1. The normalized spacial score (nSPS) is 10.7. The molecule has 0 bridgehead atoms. The lowest BCUT2D eigenvalue weighted by Crippen LogP contribution is -2.31. The van der Waals surface area contributed by atoms with Crippen molar-refractivity contribution in [3.63, 3.8) is 0 Å². The molecule has 116 valence electrons. The molecular weight excluding hydrogens is 292 g/mol. The predicted molar refractivity (Wildman–Crippen MR) is 87.3 cm³/mol. The van der Waals surface area contributed by atoms with Crippen LogP contribution >= 0.6 is 0 Å². The number of fused-ring (bicyclic) bond motifs is 1. The Bertz CT molecular complexity index is 890. The highest BCUT2D eigenvalue weighted by Gasteiger charge is 2.17. The lowest BCUT2D eigenvalue weighted by Gasteiger charge is -2.17. The molecule has 1 amide bonds. The molecule has 1 N–H and O–H groups in total. The number of aromatic amines is 1. The topological polar surface area (TPSA) is 79.0 Å². The van der Waals surface area contributed by atoms with Crippen molar-refractivity contribution in [2.45, 2.75) is 6.42 Å². The van der Waals surface area contributed by atoms with Crippen LogP contribution < -0.4 is 5.56 Å². The first kappa shape index (κ1) is 14.9. The van der Waals surface area contributed by atoms with E-state index in [1.165, 1.54) is 0 Å². The molecule has 0 spiro atoms. The van der Waals surface area contributed by atoms with E-state index >= 15 is 0 Å². The first-order chi connectivity index (χ1) is 11.2. The zero-order valence-corrected chi connectivity index (χ0v) is 12.7. The van der Waals surface area contributed by atoms with Crippen LogP contribution in [-0.4, -0.2) is 39.6 Å². The quantitative estimate of drug-likeness (QED) is 0.794. The molecule has 2 aromatic heterocycles. The minimum atomic E-state index is -0.298. The number of rotatable bonds is 4. The van der Waals surface area contributed by atoms with E-state index < -0.39 is 0 Å². The number of likely N-dealkylation sites (N-methyl/N-ethyl adjacent to an activating group) is 1. The van der Waals surface area contributed by atoms with Crippen LogP contribution in [0.15, 0.2) is 53.5 Å². The van der Waals surface area contributed by atoms with Crippen molar-refractivity contribution >= 4 is 16.7 Å². The number of pyridine rings is 1. The van der Waals surface area contributed by atoms with Crippen molar-refractivity contribution in [3.8, 4) is 0 Å². The third-order valence-corrected chi connectivity index (χ3v) is 3.67. The van der Waals surface area contributed by atoms with Crippen LogP contribution in [0, 0.1) is 0 Å². The van der Waals surface area contributed by atoms with Crippen molar-refractivity contribution in [2.75, 3.05) is 13.6 Å². The van der Waals surface area contributed by atoms with Gasteiger partial charge in [-0.1, -0.05) is 24.3 Å². The highest BCUT2D eigenvalue weighted by molar-refractivity contribution is 6.04. The SMILES string of the molecule is CN(CCc1ccccn1)C(=O)c1n[nH]c(=O)c2ccccc12. The highest BCUT2D eigenvalue weighted by Crippen LogP contribution is 2.14. The third-order valence-electron chi connectivity index (χ3n) is 3.67. The maximum atomic E-state index is 12.6. The second-order valence-electron chi connectivity index (χ2n) is 5.24. The number of carbonyl (C=O) groups is 1. The van der Waals surface area contributed by atoms with Gasteiger partial charge < -0.3 is 4.90 Å². The minimum absolute atomic E-state index is 0.228. The minimum Gasteiger partial charge on any atom is -0.340 e. The summed E-state index contributed by atoms with van der Waals surface area (Å²) in [5, 5.41) is 7.35. The van der Waals surface area contributed by atoms with E-state index in [4.69, 9.17) is 0 Å². The van der Waals surface area contributed by atoms with Crippen molar-refractivity contribution in [1.82, 2.24) is 20.1 Å². The fraction of sp³-hybridized carbons (Fsp3) is 0.176. The van der Waals surface area contributed by atoms with Crippen LogP contribution in [0.25, 0.3) is 10.8 Å². The Labute approximate surface area is 132 Å². The average Bonchev–Trinajstić information content (AvgIpc) is 2.60. The zero-order chi connectivity index (χ0) is 16.2. The van der Waals surface area contributed by atoms with Gasteiger partial charge in [0.25, 0.3) is 11.5 Å². The molecule has 1 aromatic carbocycles. The summed E-state index contributed by atoms with van der Waals surface area (Å²) in [6.07, 6.45) is 2.39. The lowest BCUT2D eigenvalue weighted by atomic mass is 10.1. The molecule has 23 heavy (non-hydrogen) atoms. The smallest absolute Gasteiger partial charge is 0.274 e. The summed E-state index contributed by atoms with van der Waals surface area (Å²) in [5.41, 5.74) is 0.878. The summed E-state index contributed by atoms with van der Waals surface area (Å²) in [6.45, 7) is 0.519. The van der Waals surface area contributed by atoms with Gasteiger partial charge in [0.1, 0.15) is 0 Å². The molecule has 6 nitrogen and oxygen atoms in total. The predicted octanol–water partition coefficient (Wildman–Crippen LogP) is 1.63. The van der Waals surface area contributed by atoms with Crippen LogP contribution in [-0.2, 0) is 6.42 Å². The summed E-state index contributed by atoms with van der Waals surface area (Å²) in [5.74, 6) is -0.228. The largest absolute Gasteiger partial charge is 0.340 e. The van der Waals surface area contributed by atoms with Gasteiger partial charge in [-0.05, 0) is 18.2 Å². The number of nitrogens with one attached hydrogen (secondary N) is 1. The Balaban J connectivity index is 1.83. The van der Waals surface area contributed by atoms with Crippen LogP contribution in [0.3, 0.4) is 0 Å². The van der Waals surface area contributed by atoms with Gasteiger partial charge in [0.05, 0.1) is 5.39 Å². The molecular formula is C17H16N4O2. The van der Waals surface area contributed by atoms with E-state index in [1.807, 2.05) is 18.2 Å². The number of hydrogen-bond acceptors (Lipinski definition) is 4. The average molecular weight is 308 g/mol. The second-order valence-corrected chi connectivity index (χ2v) is 5.24. The molecule has 0 aliphatic rings. The van der Waals surface area contributed by atoms with Crippen LogP contribution in [0.1, 0.15) is 16.2 Å². The third kappa shape index (κ3) is 3.11. The summed E-state index contributed by atoms with van der Waals surface area (Å²) in [4.78, 5) is 30.2.